The molecule has 2 heterocycles. The van der Waals surface area contributed by atoms with Gasteiger partial charge in [0, 0.05) is 26.2 Å². The Bertz CT molecular complexity index is 770. The molecule has 1 aliphatic rings. The molecule has 1 fully saturated rings. The summed E-state index contributed by atoms with van der Waals surface area (Å²) < 4.78 is 10.6. The molecule has 0 bridgehead atoms. The Hall–Kier alpha value is -2.83. The maximum Gasteiger partial charge on any atom is 0.260 e. The summed E-state index contributed by atoms with van der Waals surface area (Å²) in [7, 11) is 0. The molecule has 0 aliphatic carbocycles. The lowest BCUT2D eigenvalue weighted by atomic mass is 10.1. The van der Waals surface area contributed by atoms with Crippen LogP contribution in [-0.2, 0) is 4.79 Å². The van der Waals surface area contributed by atoms with E-state index in [0.717, 1.165) is 5.56 Å². The van der Waals surface area contributed by atoms with Crippen LogP contribution in [0.5, 0.6) is 5.75 Å². The largest absolute Gasteiger partial charge is 0.484 e. The van der Waals surface area contributed by atoms with Gasteiger partial charge in [0.25, 0.3) is 11.8 Å². The number of ether oxygens (including phenoxy) is 1. The SMILES string of the molecule is Cc1ccc(OCC(=O)N2CCN(C(=O)c3c(C)noc3C)CC2)cc1. The molecule has 0 saturated carbocycles. The number of carbonyl (C=O) groups excluding carboxylic acids is 2. The molecule has 3 rings (SSSR count). The van der Waals surface area contributed by atoms with Gasteiger partial charge in [-0.2, -0.15) is 0 Å². The summed E-state index contributed by atoms with van der Waals surface area (Å²) in [5.74, 6) is 1.04. The molecule has 0 radical (unpaired) electrons. The zero-order chi connectivity index (χ0) is 18.7. The zero-order valence-corrected chi connectivity index (χ0v) is 15.3. The number of piperazine rings is 1. The molecule has 138 valence electrons. The first-order valence-electron chi connectivity index (χ1n) is 8.65. The number of hydrogen-bond donors (Lipinski definition) is 0. The topological polar surface area (TPSA) is 75.9 Å². The Balaban J connectivity index is 1.50. The maximum absolute atomic E-state index is 12.6. The summed E-state index contributed by atoms with van der Waals surface area (Å²) >= 11 is 0. The zero-order valence-electron chi connectivity index (χ0n) is 15.3. The predicted octanol–water partition coefficient (Wildman–Crippen LogP) is 1.96. The van der Waals surface area contributed by atoms with Crippen molar-refractivity contribution in [1.29, 1.82) is 0 Å². The minimum atomic E-state index is -0.0933. The van der Waals surface area contributed by atoms with Crippen LogP contribution in [0.15, 0.2) is 28.8 Å². The summed E-state index contributed by atoms with van der Waals surface area (Å²) in [5.41, 5.74) is 2.26. The summed E-state index contributed by atoms with van der Waals surface area (Å²) in [5, 5.41) is 3.83. The van der Waals surface area contributed by atoms with Crippen LogP contribution in [-0.4, -0.2) is 59.6 Å². The minimum absolute atomic E-state index is 0.000867. The minimum Gasteiger partial charge on any atom is -0.484 e. The van der Waals surface area contributed by atoms with Crippen LogP contribution >= 0.6 is 0 Å². The number of nitrogens with zero attached hydrogens (tertiary/aromatic N) is 3. The summed E-state index contributed by atoms with van der Waals surface area (Å²) in [6.07, 6.45) is 0. The second-order valence-corrected chi connectivity index (χ2v) is 6.47. The molecule has 2 aromatic rings. The number of benzene rings is 1. The molecule has 26 heavy (non-hydrogen) atoms. The number of aromatic nitrogens is 1. The van der Waals surface area contributed by atoms with Crippen molar-refractivity contribution in [3.8, 4) is 5.75 Å². The molecule has 1 saturated heterocycles. The van der Waals surface area contributed by atoms with Crippen molar-refractivity contribution in [3.05, 3.63) is 46.8 Å². The normalized spacial score (nSPS) is 14.4. The Kier molecular flexibility index (Phi) is 5.25. The second kappa shape index (κ2) is 7.59. The van der Waals surface area contributed by atoms with Gasteiger partial charge in [0.15, 0.2) is 6.61 Å². The number of aryl methyl sites for hydroxylation is 3. The van der Waals surface area contributed by atoms with Crippen molar-refractivity contribution in [1.82, 2.24) is 15.0 Å². The Morgan fingerprint density at radius 2 is 1.65 bits per heavy atom. The van der Waals surface area contributed by atoms with Gasteiger partial charge in [-0.05, 0) is 32.9 Å². The average molecular weight is 357 g/mol. The van der Waals surface area contributed by atoms with Gasteiger partial charge in [0.1, 0.15) is 17.1 Å². The van der Waals surface area contributed by atoms with Gasteiger partial charge in [-0.25, -0.2) is 0 Å². The van der Waals surface area contributed by atoms with E-state index in [1.54, 1.807) is 23.6 Å². The third kappa shape index (κ3) is 3.87. The van der Waals surface area contributed by atoms with Crippen LogP contribution in [0, 0.1) is 20.8 Å². The fourth-order valence-electron chi connectivity index (χ4n) is 2.98. The van der Waals surface area contributed by atoms with Gasteiger partial charge in [0.05, 0.1) is 5.69 Å². The number of amides is 2. The summed E-state index contributed by atoms with van der Waals surface area (Å²) in [6.45, 7) is 7.44. The van der Waals surface area contributed by atoms with Gasteiger partial charge >= 0.3 is 0 Å². The monoisotopic (exact) mass is 357 g/mol. The van der Waals surface area contributed by atoms with E-state index < -0.39 is 0 Å². The molecule has 1 aromatic carbocycles. The highest BCUT2D eigenvalue weighted by molar-refractivity contribution is 5.96. The van der Waals surface area contributed by atoms with Gasteiger partial charge < -0.3 is 19.1 Å². The van der Waals surface area contributed by atoms with E-state index >= 15 is 0 Å². The second-order valence-electron chi connectivity index (χ2n) is 6.47. The first-order chi connectivity index (χ1) is 12.5. The van der Waals surface area contributed by atoms with Gasteiger partial charge in [-0.3, -0.25) is 9.59 Å². The lowest BCUT2D eigenvalue weighted by molar-refractivity contribution is -0.134. The van der Waals surface area contributed by atoms with Crippen molar-refractivity contribution in [2.24, 2.45) is 0 Å². The fraction of sp³-hybridized carbons (Fsp3) is 0.421. The summed E-state index contributed by atoms with van der Waals surface area (Å²) in [4.78, 5) is 28.4. The van der Waals surface area contributed by atoms with Crippen molar-refractivity contribution in [2.45, 2.75) is 20.8 Å². The number of carbonyl (C=O) groups is 2. The van der Waals surface area contributed by atoms with Crippen LogP contribution in [0.25, 0.3) is 0 Å². The molecular weight excluding hydrogens is 334 g/mol. The number of hydrogen-bond acceptors (Lipinski definition) is 5. The van der Waals surface area contributed by atoms with Crippen LogP contribution in [0.2, 0.25) is 0 Å². The van der Waals surface area contributed by atoms with Gasteiger partial charge in [0.2, 0.25) is 0 Å². The lowest BCUT2D eigenvalue weighted by Crippen LogP contribution is -2.51. The molecule has 0 spiro atoms. The smallest absolute Gasteiger partial charge is 0.260 e. The number of rotatable bonds is 4. The highest BCUT2D eigenvalue weighted by atomic mass is 16.5. The standard InChI is InChI=1S/C19H23N3O4/c1-13-4-6-16(7-5-13)25-12-17(23)21-8-10-22(11-9-21)19(24)18-14(2)20-26-15(18)3/h4-7H,8-12H2,1-3H3. The lowest BCUT2D eigenvalue weighted by Gasteiger charge is -2.34. The van der Waals surface area contributed by atoms with Gasteiger partial charge in [-0.1, -0.05) is 22.9 Å². The maximum atomic E-state index is 12.6. The van der Waals surface area contributed by atoms with Crippen LogP contribution in [0.3, 0.4) is 0 Å². The van der Waals surface area contributed by atoms with E-state index in [9.17, 15) is 9.59 Å². The highest BCUT2D eigenvalue weighted by Crippen LogP contribution is 2.17. The Labute approximate surface area is 152 Å². The average Bonchev–Trinajstić information content (AvgIpc) is 2.99. The van der Waals surface area contributed by atoms with E-state index in [0.29, 0.717) is 48.9 Å². The van der Waals surface area contributed by atoms with Crippen molar-refractivity contribution in [3.63, 3.8) is 0 Å². The molecule has 0 atom stereocenters. The first kappa shape index (κ1) is 18.0. The first-order valence-corrected chi connectivity index (χ1v) is 8.65. The molecule has 0 N–H and O–H groups in total. The van der Waals surface area contributed by atoms with Crippen molar-refractivity contribution < 1.29 is 18.8 Å². The van der Waals surface area contributed by atoms with E-state index in [2.05, 4.69) is 5.16 Å². The molecule has 7 heteroatoms. The predicted molar refractivity (Wildman–Crippen MR) is 95.1 cm³/mol. The van der Waals surface area contributed by atoms with E-state index in [4.69, 9.17) is 9.26 Å². The molecule has 7 nitrogen and oxygen atoms in total. The van der Waals surface area contributed by atoms with Crippen molar-refractivity contribution in [2.75, 3.05) is 32.8 Å². The molecule has 1 aliphatic heterocycles. The fourth-order valence-corrected chi connectivity index (χ4v) is 2.98. The van der Waals surface area contributed by atoms with E-state index in [-0.39, 0.29) is 18.4 Å². The molecular formula is C19H23N3O4. The third-order valence-electron chi connectivity index (χ3n) is 4.55. The van der Waals surface area contributed by atoms with E-state index in [1.807, 2.05) is 31.2 Å². The Morgan fingerprint density at radius 3 is 2.23 bits per heavy atom. The summed E-state index contributed by atoms with van der Waals surface area (Å²) in [6, 6.07) is 7.59. The van der Waals surface area contributed by atoms with Crippen LogP contribution in [0.4, 0.5) is 0 Å². The molecule has 1 aromatic heterocycles. The molecule has 0 unspecified atom stereocenters. The Morgan fingerprint density at radius 1 is 1.04 bits per heavy atom. The molecule has 2 amide bonds. The van der Waals surface area contributed by atoms with E-state index in [1.165, 1.54) is 0 Å². The van der Waals surface area contributed by atoms with Crippen LogP contribution < -0.4 is 4.74 Å². The third-order valence-corrected chi connectivity index (χ3v) is 4.55. The van der Waals surface area contributed by atoms with Crippen LogP contribution in [0.1, 0.15) is 27.4 Å². The van der Waals surface area contributed by atoms with Gasteiger partial charge in [-0.15, -0.1) is 0 Å². The van der Waals surface area contributed by atoms with Crippen molar-refractivity contribution >= 4 is 11.8 Å². The highest BCUT2D eigenvalue weighted by Gasteiger charge is 2.28. The quantitative estimate of drug-likeness (QED) is 0.836.